The molecule has 0 atom stereocenters. The van der Waals surface area contributed by atoms with Gasteiger partial charge in [0.15, 0.2) is 0 Å². The molecule has 2 aromatic rings. The predicted octanol–water partition coefficient (Wildman–Crippen LogP) is 2.33. The van der Waals surface area contributed by atoms with Crippen LogP contribution in [-0.4, -0.2) is 23.2 Å². The number of aromatic amines is 1. The van der Waals surface area contributed by atoms with Crippen molar-refractivity contribution in [2.24, 2.45) is 0 Å². The Labute approximate surface area is 104 Å². The molecule has 0 aliphatic heterocycles. The van der Waals surface area contributed by atoms with Crippen molar-refractivity contribution >= 4 is 11.7 Å². The van der Waals surface area contributed by atoms with Crippen molar-refractivity contribution in [3.63, 3.8) is 0 Å². The third kappa shape index (κ3) is 2.63. The number of hydrogen-bond acceptors (Lipinski definition) is 3. The highest BCUT2D eigenvalue weighted by Crippen LogP contribution is 2.26. The molecule has 5 heteroatoms. The molecule has 0 spiro atoms. The van der Waals surface area contributed by atoms with Crippen LogP contribution in [0.25, 0.3) is 0 Å². The summed E-state index contributed by atoms with van der Waals surface area (Å²) in [7, 11) is 1.55. The van der Waals surface area contributed by atoms with E-state index >= 15 is 0 Å². The van der Waals surface area contributed by atoms with E-state index < -0.39 is 5.97 Å². The minimum Gasteiger partial charge on any atom is -0.495 e. The second kappa shape index (κ2) is 5.27. The van der Waals surface area contributed by atoms with Gasteiger partial charge in [-0.05, 0) is 29.8 Å². The average molecular weight is 246 g/mol. The standard InChI is InChI=1S/C13H14N2O3/c1-18-12-3-2-10(13(16)17)6-11(12)15-8-9-4-5-14-7-9/h2-7,14-15H,8H2,1H3,(H,16,17). The van der Waals surface area contributed by atoms with Gasteiger partial charge in [-0.2, -0.15) is 0 Å². The number of carbonyl (C=O) groups is 1. The van der Waals surface area contributed by atoms with Crippen molar-refractivity contribution in [2.75, 3.05) is 12.4 Å². The Morgan fingerprint density at radius 1 is 1.44 bits per heavy atom. The highest BCUT2D eigenvalue weighted by molar-refractivity contribution is 5.89. The molecule has 5 nitrogen and oxygen atoms in total. The van der Waals surface area contributed by atoms with Crippen molar-refractivity contribution in [1.82, 2.24) is 4.98 Å². The lowest BCUT2D eigenvalue weighted by Crippen LogP contribution is -2.03. The fourth-order valence-corrected chi connectivity index (χ4v) is 1.64. The number of aromatic nitrogens is 1. The highest BCUT2D eigenvalue weighted by atomic mass is 16.5. The van der Waals surface area contributed by atoms with Gasteiger partial charge < -0.3 is 20.1 Å². The Balaban J connectivity index is 2.18. The van der Waals surface area contributed by atoms with Gasteiger partial charge in [0.25, 0.3) is 0 Å². The molecule has 1 aromatic heterocycles. The van der Waals surface area contributed by atoms with Crippen LogP contribution in [0.4, 0.5) is 5.69 Å². The number of methoxy groups -OCH3 is 1. The van der Waals surface area contributed by atoms with E-state index in [2.05, 4.69) is 10.3 Å². The van der Waals surface area contributed by atoms with Gasteiger partial charge in [-0.1, -0.05) is 0 Å². The molecule has 0 aliphatic rings. The van der Waals surface area contributed by atoms with Crippen LogP contribution in [-0.2, 0) is 6.54 Å². The van der Waals surface area contributed by atoms with Gasteiger partial charge in [-0.15, -0.1) is 0 Å². The second-order valence-corrected chi connectivity index (χ2v) is 3.79. The molecule has 3 N–H and O–H groups in total. The number of anilines is 1. The van der Waals surface area contributed by atoms with E-state index in [9.17, 15) is 4.79 Å². The Morgan fingerprint density at radius 2 is 2.28 bits per heavy atom. The van der Waals surface area contributed by atoms with E-state index in [1.807, 2.05) is 18.5 Å². The summed E-state index contributed by atoms with van der Waals surface area (Å²) in [4.78, 5) is 13.9. The number of H-pyrrole nitrogens is 1. The molecule has 0 amide bonds. The average Bonchev–Trinajstić information content (AvgIpc) is 2.89. The van der Waals surface area contributed by atoms with Crippen LogP contribution in [0.3, 0.4) is 0 Å². The van der Waals surface area contributed by atoms with Crippen molar-refractivity contribution in [2.45, 2.75) is 6.54 Å². The first-order valence-corrected chi connectivity index (χ1v) is 5.47. The van der Waals surface area contributed by atoms with Gasteiger partial charge in [0.1, 0.15) is 5.75 Å². The quantitative estimate of drug-likeness (QED) is 0.757. The lowest BCUT2D eigenvalue weighted by Gasteiger charge is -2.11. The van der Waals surface area contributed by atoms with Gasteiger partial charge in [0.05, 0.1) is 18.4 Å². The van der Waals surface area contributed by atoms with Gasteiger partial charge >= 0.3 is 5.97 Å². The second-order valence-electron chi connectivity index (χ2n) is 3.79. The number of hydrogen-bond donors (Lipinski definition) is 3. The van der Waals surface area contributed by atoms with E-state index in [0.717, 1.165) is 5.56 Å². The zero-order valence-electron chi connectivity index (χ0n) is 9.93. The Hall–Kier alpha value is -2.43. The van der Waals surface area contributed by atoms with E-state index in [-0.39, 0.29) is 5.56 Å². The number of nitrogens with one attached hydrogen (secondary N) is 2. The third-order valence-corrected chi connectivity index (χ3v) is 2.59. The molecule has 0 saturated heterocycles. The largest absolute Gasteiger partial charge is 0.495 e. The number of rotatable bonds is 5. The Bertz CT molecular complexity index is 535. The van der Waals surface area contributed by atoms with E-state index in [0.29, 0.717) is 18.0 Å². The molecular formula is C13H14N2O3. The van der Waals surface area contributed by atoms with Crippen molar-refractivity contribution in [1.29, 1.82) is 0 Å². The number of ether oxygens (including phenoxy) is 1. The van der Waals surface area contributed by atoms with E-state index in [1.165, 1.54) is 6.07 Å². The molecule has 0 saturated carbocycles. The van der Waals surface area contributed by atoms with E-state index in [4.69, 9.17) is 9.84 Å². The maximum Gasteiger partial charge on any atom is 0.335 e. The summed E-state index contributed by atoms with van der Waals surface area (Å²) in [6, 6.07) is 6.67. The summed E-state index contributed by atoms with van der Waals surface area (Å²) < 4.78 is 5.19. The third-order valence-electron chi connectivity index (χ3n) is 2.59. The minimum atomic E-state index is -0.956. The lowest BCUT2D eigenvalue weighted by molar-refractivity contribution is 0.0697. The van der Waals surface area contributed by atoms with Gasteiger partial charge in [0, 0.05) is 18.9 Å². The molecule has 1 heterocycles. The fraction of sp³-hybridized carbons (Fsp3) is 0.154. The topological polar surface area (TPSA) is 74.3 Å². The molecule has 0 aliphatic carbocycles. The Morgan fingerprint density at radius 3 is 2.89 bits per heavy atom. The van der Waals surface area contributed by atoms with E-state index in [1.54, 1.807) is 19.2 Å². The van der Waals surface area contributed by atoms with Gasteiger partial charge in [-0.3, -0.25) is 0 Å². The van der Waals surface area contributed by atoms with Crippen molar-refractivity contribution < 1.29 is 14.6 Å². The lowest BCUT2D eigenvalue weighted by atomic mass is 10.2. The molecular weight excluding hydrogens is 232 g/mol. The van der Waals surface area contributed by atoms with Crippen molar-refractivity contribution in [3.05, 3.63) is 47.8 Å². The number of benzene rings is 1. The van der Waals surface area contributed by atoms with Crippen LogP contribution in [0.5, 0.6) is 5.75 Å². The number of carboxylic acid groups (broad SMARTS) is 1. The number of carboxylic acids is 1. The molecule has 1 aromatic carbocycles. The first-order valence-electron chi connectivity index (χ1n) is 5.47. The predicted molar refractivity (Wildman–Crippen MR) is 68.1 cm³/mol. The summed E-state index contributed by atoms with van der Waals surface area (Å²) in [5.41, 5.74) is 1.98. The summed E-state index contributed by atoms with van der Waals surface area (Å²) in [5.74, 6) is -0.335. The van der Waals surface area contributed by atoms with Crippen LogP contribution in [0, 0.1) is 0 Å². The summed E-state index contributed by atoms with van der Waals surface area (Å²) in [6.45, 7) is 0.600. The summed E-state index contributed by atoms with van der Waals surface area (Å²) in [6.07, 6.45) is 3.71. The maximum absolute atomic E-state index is 10.9. The zero-order valence-corrected chi connectivity index (χ0v) is 9.93. The normalized spacial score (nSPS) is 10.1. The summed E-state index contributed by atoms with van der Waals surface area (Å²) >= 11 is 0. The van der Waals surface area contributed by atoms with Crippen LogP contribution >= 0.6 is 0 Å². The zero-order chi connectivity index (χ0) is 13.0. The minimum absolute atomic E-state index is 0.229. The molecule has 0 unspecified atom stereocenters. The fourth-order valence-electron chi connectivity index (χ4n) is 1.64. The van der Waals surface area contributed by atoms with Crippen LogP contribution in [0.2, 0.25) is 0 Å². The smallest absolute Gasteiger partial charge is 0.335 e. The monoisotopic (exact) mass is 246 g/mol. The molecule has 0 radical (unpaired) electrons. The molecule has 2 rings (SSSR count). The Kier molecular flexibility index (Phi) is 3.52. The highest BCUT2D eigenvalue weighted by Gasteiger charge is 2.08. The molecule has 0 fully saturated rings. The number of aromatic carboxylic acids is 1. The first-order chi connectivity index (χ1) is 8.70. The first kappa shape index (κ1) is 12.0. The maximum atomic E-state index is 10.9. The van der Waals surface area contributed by atoms with Gasteiger partial charge in [0.2, 0.25) is 0 Å². The molecule has 18 heavy (non-hydrogen) atoms. The van der Waals surface area contributed by atoms with Crippen LogP contribution in [0.1, 0.15) is 15.9 Å². The summed E-state index contributed by atoms with van der Waals surface area (Å²) in [5, 5.41) is 12.1. The van der Waals surface area contributed by atoms with Gasteiger partial charge in [-0.25, -0.2) is 4.79 Å². The van der Waals surface area contributed by atoms with Crippen LogP contribution in [0.15, 0.2) is 36.7 Å². The molecule has 94 valence electrons. The molecule has 0 bridgehead atoms. The SMILES string of the molecule is COc1ccc(C(=O)O)cc1NCc1cc[nH]c1. The van der Waals surface area contributed by atoms with Crippen LogP contribution < -0.4 is 10.1 Å². The van der Waals surface area contributed by atoms with Crippen molar-refractivity contribution in [3.8, 4) is 5.75 Å².